The third-order valence-corrected chi connectivity index (χ3v) is 3.05. The summed E-state index contributed by atoms with van der Waals surface area (Å²) in [5.74, 6) is 1.66. The van der Waals surface area contributed by atoms with Crippen LogP contribution in [0.5, 0.6) is 0 Å². The summed E-state index contributed by atoms with van der Waals surface area (Å²) >= 11 is 0. The van der Waals surface area contributed by atoms with Crippen molar-refractivity contribution >= 4 is 5.82 Å². The smallest absolute Gasteiger partial charge is 0.163 e. The van der Waals surface area contributed by atoms with E-state index in [1.807, 2.05) is 41.9 Å². The fourth-order valence-corrected chi connectivity index (χ4v) is 2.00. The molecule has 2 aromatic heterocycles. The lowest BCUT2D eigenvalue weighted by atomic mass is 10.2. The lowest BCUT2D eigenvalue weighted by Crippen LogP contribution is -2.01. The lowest BCUT2D eigenvalue weighted by Gasteiger charge is -2.07. The number of anilines is 1. The maximum absolute atomic E-state index is 4.33. The van der Waals surface area contributed by atoms with E-state index in [2.05, 4.69) is 32.6 Å². The standard InChI is InChI=1S/C15H15N5/c1-20-11-18-19-15(20)13-7-8-16-14(9-13)17-10-12-5-3-2-4-6-12/h2-9,11H,10H2,1H3,(H,16,17). The number of nitrogens with one attached hydrogen (secondary N) is 1. The van der Waals surface area contributed by atoms with Gasteiger partial charge in [0.1, 0.15) is 12.1 Å². The molecule has 1 N–H and O–H groups in total. The molecule has 0 saturated heterocycles. The predicted octanol–water partition coefficient (Wildman–Crippen LogP) is 2.49. The van der Waals surface area contributed by atoms with Crippen LogP contribution >= 0.6 is 0 Å². The molecule has 100 valence electrons. The molecule has 0 fully saturated rings. The highest BCUT2D eigenvalue weighted by atomic mass is 15.2. The molecular formula is C15H15N5. The Morgan fingerprint density at radius 3 is 2.75 bits per heavy atom. The van der Waals surface area contributed by atoms with Crippen LogP contribution < -0.4 is 5.32 Å². The van der Waals surface area contributed by atoms with E-state index < -0.39 is 0 Å². The van der Waals surface area contributed by atoms with Crippen LogP contribution in [0.4, 0.5) is 5.82 Å². The van der Waals surface area contributed by atoms with Gasteiger partial charge >= 0.3 is 0 Å². The fraction of sp³-hybridized carbons (Fsp3) is 0.133. The molecule has 0 amide bonds. The van der Waals surface area contributed by atoms with Gasteiger partial charge in [-0.05, 0) is 17.7 Å². The van der Waals surface area contributed by atoms with Crippen LogP contribution in [0.3, 0.4) is 0 Å². The fourth-order valence-electron chi connectivity index (χ4n) is 2.00. The van der Waals surface area contributed by atoms with Crippen LogP contribution in [0.2, 0.25) is 0 Å². The predicted molar refractivity (Wildman–Crippen MR) is 78.0 cm³/mol. The number of aryl methyl sites for hydroxylation is 1. The van der Waals surface area contributed by atoms with E-state index >= 15 is 0 Å². The highest BCUT2D eigenvalue weighted by Gasteiger charge is 2.05. The zero-order chi connectivity index (χ0) is 13.8. The van der Waals surface area contributed by atoms with Crippen molar-refractivity contribution in [2.45, 2.75) is 6.54 Å². The zero-order valence-electron chi connectivity index (χ0n) is 11.2. The van der Waals surface area contributed by atoms with Crippen molar-refractivity contribution in [1.82, 2.24) is 19.7 Å². The Kier molecular flexibility index (Phi) is 3.41. The molecule has 0 spiro atoms. The molecule has 3 rings (SSSR count). The topological polar surface area (TPSA) is 55.6 Å². The summed E-state index contributed by atoms with van der Waals surface area (Å²) in [5.41, 5.74) is 2.22. The van der Waals surface area contributed by atoms with E-state index in [-0.39, 0.29) is 0 Å². The van der Waals surface area contributed by atoms with Crippen LogP contribution in [0.15, 0.2) is 55.0 Å². The summed E-state index contributed by atoms with van der Waals surface area (Å²) in [6.07, 6.45) is 3.46. The molecule has 1 aromatic carbocycles. The number of hydrogen-bond acceptors (Lipinski definition) is 4. The first kappa shape index (κ1) is 12.3. The quantitative estimate of drug-likeness (QED) is 0.787. The van der Waals surface area contributed by atoms with Gasteiger partial charge in [-0.1, -0.05) is 30.3 Å². The number of aromatic nitrogens is 4. The largest absolute Gasteiger partial charge is 0.366 e. The van der Waals surface area contributed by atoms with Gasteiger partial charge in [-0.15, -0.1) is 10.2 Å². The summed E-state index contributed by atoms with van der Waals surface area (Å²) in [6, 6.07) is 14.1. The molecule has 0 saturated carbocycles. The van der Waals surface area contributed by atoms with Gasteiger partial charge in [0.05, 0.1) is 0 Å². The van der Waals surface area contributed by atoms with Crippen molar-refractivity contribution in [3.63, 3.8) is 0 Å². The van der Waals surface area contributed by atoms with Crippen LogP contribution in [-0.4, -0.2) is 19.7 Å². The molecule has 20 heavy (non-hydrogen) atoms. The van der Waals surface area contributed by atoms with Gasteiger partial charge < -0.3 is 9.88 Å². The molecule has 0 atom stereocenters. The van der Waals surface area contributed by atoms with Crippen LogP contribution in [0.25, 0.3) is 11.4 Å². The molecule has 5 heteroatoms. The SMILES string of the molecule is Cn1cnnc1-c1ccnc(NCc2ccccc2)c1. The summed E-state index contributed by atoms with van der Waals surface area (Å²) in [6.45, 7) is 0.746. The number of benzene rings is 1. The molecular weight excluding hydrogens is 250 g/mol. The van der Waals surface area contributed by atoms with Gasteiger partial charge in [-0.3, -0.25) is 0 Å². The summed E-state index contributed by atoms with van der Waals surface area (Å²) < 4.78 is 1.89. The van der Waals surface area contributed by atoms with Crippen molar-refractivity contribution in [2.24, 2.45) is 7.05 Å². The molecule has 0 radical (unpaired) electrons. The van der Waals surface area contributed by atoms with Gasteiger partial charge in [-0.2, -0.15) is 0 Å². The molecule has 5 nitrogen and oxygen atoms in total. The first-order valence-corrected chi connectivity index (χ1v) is 6.41. The Hall–Kier alpha value is -2.69. The number of hydrogen-bond donors (Lipinski definition) is 1. The van der Waals surface area contributed by atoms with E-state index in [9.17, 15) is 0 Å². The second kappa shape index (κ2) is 5.52. The first-order valence-electron chi connectivity index (χ1n) is 6.41. The number of pyridine rings is 1. The monoisotopic (exact) mass is 265 g/mol. The van der Waals surface area contributed by atoms with Crippen molar-refractivity contribution in [3.05, 3.63) is 60.6 Å². The van der Waals surface area contributed by atoms with Gasteiger partial charge in [0.15, 0.2) is 5.82 Å². The Morgan fingerprint density at radius 2 is 2.00 bits per heavy atom. The molecule has 0 aliphatic heterocycles. The van der Waals surface area contributed by atoms with E-state index in [4.69, 9.17) is 0 Å². The minimum absolute atomic E-state index is 0.746. The van der Waals surface area contributed by atoms with Crippen molar-refractivity contribution < 1.29 is 0 Å². The third kappa shape index (κ3) is 2.66. The highest BCUT2D eigenvalue weighted by molar-refractivity contribution is 5.59. The maximum Gasteiger partial charge on any atom is 0.163 e. The molecule has 0 unspecified atom stereocenters. The highest BCUT2D eigenvalue weighted by Crippen LogP contribution is 2.18. The number of rotatable bonds is 4. The van der Waals surface area contributed by atoms with Crippen molar-refractivity contribution in [3.8, 4) is 11.4 Å². The normalized spacial score (nSPS) is 10.4. The Bertz CT molecular complexity index is 690. The molecule has 3 aromatic rings. The van der Waals surface area contributed by atoms with E-state index in [1.165, 1.54) is 5.56 Å². The Labute approximate surface area is 117 Å². The zero-order valence-corrected chi connectivity index (χ0v) is 11.2. The average molecular weight is 265 g/mol. The summed E-state index contributed by atoms with van der Waals surface area (Å²) in [4.78, 5) is 4.33. The van der Waals surface area contributed by atoms with Gasteiger partial charge in [0, 0.05) is 25.4 Å². The van der Waals surface area contributed by atoms with Crippen LogP contribution in [0, 0.1) is 0 Å². The maximum atomic E-state index is 4.33. The second-order valence-electron chi connectivity index (χ2n) is 4.53. The molecule has 0 aliphatic rings. The Morgan fingerprint density at radius 1 is 1.15 bits per heavy atom. The van der Waals surface area contributed by atoms with E-state index in [0.29, 0.717) is 0 Å². The Balaban J connectivity index is 1.77. The van der Waals surface area contributed by atoms with Crippen molar-refractivity contribution in [1.29, 1.82) is 0 Å². The third-order valence-electron chi connectivity index (χ3n) is 3.05. The summed E-state index contributed by atoms with van der Waals surface area (Å²) in [5, 5.41) is 11.3. The second-order valence-corrected chi connectivity index (χ2v) is 4.53. The van der Waals surface area contributed by atoms with Crippen molar-refractivity contribution in [2.75, 3.05) is 5.32 Å². The molecule has 0 aliphatic carbocycles. The van der Waals surface area contributed by atoms with Crippen LogP contribution in [0.1, 0.15) is 5.56 Å². The van der Waals surface area contributed by atoms with E-state index in [1.54, 1.807) is 12.5 Å². The van der Waals surface area contributed by atoms with Gasteiger partial charge in [0.25, 0.3) is 0 Å². The average Bonchev–Trinajstić information content (AvgIpc) is 2.93. The lowest BCUT2D eigenvalue weighted by molar-refractivity contribution is 0.919. The van der Waals surface area contributed by atoms with E-state index in [0.717, 1.165) is 23.8 Å². The first-order chi connectivity index (χ1) is 9.83. The summed E-state index contributed by atoms with van der Waals surface area (Å²) in [7, 11) is 1.92. The minimum Gasteiger partial charge on any atom is -0.366 e. The minimum atomic E-state index is 0.746. The van der Waals surface area contributed by atoms with Gasteiger partial charge in [0.2, 0.25) is 0 Å². The molecule has 2 heterocycles. The number of nitrogens with zero attached hydrogens (tertiary/aromatic N) is 4. The van der Waals surface area contributed by atoms with Crippen LogP contribution in [-0.2, 0) is 13.6 Å². The van der Waals surface area contributed by atoms with Gasteiger partial charge in [-0.25, -0.2) is 4.98 Å². The molecule has 0 bridgehead atoms.